The highest BCUT2D eigenvalue weighted by Gasteiger charge is 2.19. The average Bonchev–Trinajstić information content (AvgIpc) is 3.42. The number of esters is 3. The fourth-order valence-corrected chi connectivity index (χ4v) is 10.8. The number of rotatable bonds is 65. The van der Waals surface area contributed by atoms with Gasteiger partial charge in [0.25, 0.3) is 0 Å². The molecule has 1 unspecified atom stereocenters. The topological polar surface area (TPSA) is 78.9 Å². The van der Waals surface area contributed by atoms with Crippen LogP contribution >= 0.6 is 0 Å². The molecule has 0 aromatic carbocycles. The van der Waals surface area contributed by atoms with E-state index in [9.17, 15) is 14.4 Å². The maximum atomic E-state index is 12.9. The van der Waals surface area contributed by atoms with E-state index in [0.29, 0.717) is 19.3 Å². The summed E-state index contributed by atoms with van der Waals surface area (Å²) < 4.78 is 16.9. The SMILES string of the molecule is CCCCCCCCCC/C=C\CCCCCCCCCCCCCCCCCC(=O)OCC(COC(=O)CCCCCCCCC)OC(=O)CCCCCCCCCCCCCCCCCCCCCCCCCC. The first-order valence-corrected chi connectivity index (χ1v) is 34.7. The van der Waals surface area contributed by atoms with Gasteiger partial charge >= 0.3 is 17.9 Å². The average molecular weight is 1070 g/mol. The summed E-state index contributed by atoms with van der Waals surface area (Å²) in [5, 5.41) is 0. The summed E-state index contributed by atoms with van der Waals surface area (Å²) in [5.41, 5.74) is 0. The van der Waals surface area contributed by atoms with Crippen molar-refractivity contribution in [1.29, 1.82) is 0 Å². The minimum atomic E-state index is -0.763. The number of carbonyl (C=O) groups excluding carboxylic acids is 3. The Morgan fingerprint density at radius 2 is 0.434 bits per heavy atom. The van der Waals surface area contributed by atoms with Gasteiger partial charge in [-0.1, -0.05) is 348 Å². The molecule has 0 N–H and O–H groups in total. The van der Waals surface area contributed by atoms with E-state index in [2.05, 4.69) is 32.9 Å². The summed E-state index contributed by atoms with van der Waals surface area (Å²) in [6.45, 7) is 6.68. The highest BCUT2D eigenvalue weighted by atomic mass is 16.6. The molecule has 0 aromatic heterocycles. The van der Waals surface area contributed by atoms with Crippen molar-refractivity contribution in [3.05, 3.63) is 12.2 Å². The van der Waals surface area contributed by atoms with E-state index in [0.717, 1.165) is 57.8 Å². The monoisotopic (exact) mass is 1070 g/mol. The molecule has 450 valence electrons. The lowest BCUT2D eigenvalue weighted by atomic mass is 10.0. The van der Waals surface area contributed by atoms with Crippen LogP contribution in [0.15, 0.2) is 12.2 Å². The Morgan fingerprint density at radius 3 is 0.658 bits per heavy atom. The summed E-state index contributed by atoms with van der Waals surface area (Å²) in [4.78, 5) is 38.1. The molecule has 0 aliphatic carbocycles. The Balaban J connectivity index is 4.01. The van der Waals surface area contributed by atoms with Gasteiger partial charge < -0.3 is 14.2 Å². The number of carbonyl (C=O) groups is 3. The lowest BCUT2D eigenvalue weighted by molar-refractivity contribution is -0.167. The van der Waals surface area contributed by atoms with Crippen molar-refractivity contribution in [1.82, 2.24) is 0 Å². The van der Waals surface area contributed by atoms with E-state index in [1.165, 1.54) is 302 Å². The van der Waals surface area contributed by atoms with Gasteiger partial charge in [-0.25, -0.2) is 0 Å². The summed E-state index contributed by atoms with van der Waals surface area (Å²) >= 11 is 0. The Hall–Kier alpha value is -1.85. The number of unbranched alkanes of at least 4 members (excludes halogenated alkanes) is 52. The van der Waals surface area contributed by atoms with Crippen molar-refractivity contribution in [2.75, 3.05) is 13.2 Å². The molecule has 6 heteroatoms. The maximum Gasteiger partial charge on any atom is 0.306 e. The summed E-state index contributed by atoms with van der Waals surface area (Å²) in [6.07, 6.45) is 78.5. The van der Waals surface area contributed by atoms with Crippen LogP contribution in [0.4, 0.5) is 0 Å². The van der Waals surface area contributed by atoms with E-state index in [-0.39, 0.29) is 31.1 Å². The molecule has 0 aromatic rings. The third-order valence-electron chi connectivity index (χ3n) is 16.0. The van der Waals surface area contributed by atoms with Gasteiger partial charge in [0.15, 0.2) is 6.10 Å². The Morgan fingerprint density at radius 1 is 0.250 bits per heavy atom. The molecule has 0 rings (SSSR count). The van der Waals surface area contributed by atoms with Gasteiger partial charge in [-0.15, -0.1) is 0 Å². The van der Waals surface area contributed by atoms with Crippen LogP contribution in [-0.4, -0.2) is 37.2 Å². The molecular weight excluding hydrogens is 937 g/mol. The first kappa shape index (κ1) is 74.2. The normalized spacial score (nSPS) is 12.0. The van der Waals surface area contributed by atoms with Crippen LogP contribution in [0.25, 0.3) is 0 Å². The van der Waals surface area contributed by atoms with Crippen LogP contribution < -0.4 is 0 Å². The van der Waals surface area contributed by atoms with E-state index < -0.39 is 6.10 Å². The Kier molecular flexibility index (Phi) is 64.1. The van der Waals surface area contributed by atoms with E-state index in [1.54, 1.807) is 0 Å². The van der Waals surface area contributed by atoms with E-state index in [1.807, 2.05) is 0 Å². The van der Waals surface area contributed by atoms with Crippen LogP contribution in [0, 0.1) is 0 Å². The van der Waals surface area contributed by atoms with Crippen molar-refractivity contribution in [2.24, 2.45) is 0 Å². The molecule has 0 bridgehead atoms. The van der Waals surface area contributed by atoms with Crippen molar-refractivity contribution in [3.8, 4) is 0 Å². The molecule has 0 aliphatic rings. The zero-order valence-corrected chi connectivity index (χ0v) is 51.8. The van der Waals surface area contributed by atoms with Crippen LogP contribution in [-0.2, 0) is 28.6 Å². The first-order chi connectivity index (χ1) is 37.5. The third-order valence-corrected chi connectivity index (χ3v) is 16.0. The second-order valence-corrected chi connectivity index (χ2v) is 23.8. The fourth-order valence-electron chi connectivity index (χ4n) is 10.8. The zero-order valence-electron chi connectivity index (χ0n) is 51.8. The zero-order chi connectivity index (χ0) is 55.0. The molecular formula is C70H134O6. The van der Waals surface area contributed by atoms with E-state index >= 15 is 0 Å². The molecule has 0 heterocycles. The number of hydrogen-bond acceptors (Lipinski definition) is 6. The molecule has 0 aliphatic heterocycles. The second kappa shape index (κ2) is 65.7. The minimum absolute atomic E-state index is 0.0634. The molecule has 1 atom stereocenters. The van der Waals surface area contributed by atoms with Crippen LogP contribution in [0.2, 0.25) is 0 Å². The highest BCUT2D eigenvalue weighted by molar-refractivity contribution is 5.71. The van der Waals surface area contributed by atoms with Gasteiger partial charge in [0, 0.05) is 19.3 Å². The number of hydrogen-bond donors (Lipinski definition) is 0. The predicted molar refractivity (Wildman–Crippen MR) is 330 cm³/mol. The van der Waals surface area contributed by atoms with Gasteiger partial charge in [-0.05, 0) is 44.9 Å². The minimum Gasteiger partial charge on any atom is -0.462 e. The molecule has 76 heavy (non-hydrogen) atoms. The number of ether oxygens (including phenoxy) is 3. The largest absolute Gasteiger partial charge is 0.462 e. The van der Waals surface area contributed by atoms with Crippen molar-refractivity contribution >= 4 is 17.9 Å². The van der Waals surface area contributed by atoms with Gasteiger partial charge in [-0.3, -0.25) is 14.4 Å². The van der Waals surface area contributed by atoms with E-state index in [4.69, 9.17) is 14.2 Å². The quantitative estimate of drug-likeness (QED) is 0.0261. The second-order valence-electron chi connectivity index (χ2n) is 23.8. The van der Waals surface area contributed by atoms with Crippen LogP contribution in [0.5, 0.6) is 0 Å². The van der Waals surface area contributed by atoms with Crippen LogP contribution in [0.3, 0.4) is 0 Å². The first-order valence-electron chi connectivity index (χ1n) is 34.7. The lowest BCUT2D eigenvalue weighted by Gasteiger charge is -2.18. The fraction of sp³-hybridized carbons (Fsp3) is 0.929. The molecule has 0 saturated carbocycles. The highest BCUT2D eigenvalue weighted by Crippen LogP contribution is 2.19. The maximum absolute atomic E-state index is 12.9. The van der Waals surface area contributed by atoms with Gasteiger partial charge in [0.05, 0.1) is 0 Å². The molecule has 0 amide bonds. The van der Waals surface area contributed by atoms with Crippen molar-refractivity contribution < 1.29 is 28.6 Å². The number of allylic oxidation sites excluding steroid dienone is 2. The smallest absolute Gasteiger partial charge is 0.306 e. The van der Waals surface area contributed by atoms with Gasteiger partial charge in [0.2, 0.25) is 0 Å². The van der Waals surface area contributed by atoms with Crippen molar-refractivity contribution in [2.45, 2.75) is 406 Å². The summed E-state index contributed by atoms with van der Waals surface area (Å²) in [7, 11) is 0. The van der Waals surface area contributed by atoms with Crippen molar-refractivity contribution in [3.63, 3.8) is 0 Å². The molecule has 0 radical (unpaired) electrons. The standard InChI is InChI=1S/C70H134O6/c1-4-7-10-13-16-18-20-22-24-26-28-30-32-34-35-36-38-39-41-43-45-47-49-51-54-57-60-63-69(72)75-66-67(65-74-68(71)62-59-56-53-15-12-9-6-3)76-70(73)64-61-58-55-52-50-48-46-44-42-40-37-33-31-29-27-25-23-21-19-17-14-11-8-5-2/h26,28,67H,4-25,27,29-66H2,1-3H3/b28-26-. The Labute approximate surface area is 475 Å². The van der Waals surface area contributed by atoms with Gasteiger partial charge in [0.1, 0.15) is 13.2 Å². The predicted octanol–water partition coefficient (Wildman–Crippen LogP) is 23.6. The lowest BCUT2D eigenvalue weighted by Crippen LogP contribution is -2.30. The van der Waals surface area contributed by atoms with Gasteiger partial charge in [-0.2, -0.15) is 0 Å². The van der Waals surface area contributed by atoms with Crippen LogP contribution in [0.1, 0.15) is 400 Å². The molecule has 0 spiro atoms. The third kappa shape index (κ3) is 63.0. The molecule has 0 saturated heterocycles. The molecule has 0 fully saturated rings. The molecule has 6 nitrogen and oxygen atoms in total. The summed E-state index contributed by atoms with van der Waals surface area (Å²) in [6, 6.07) is 0. The summed E-state index contributed by atoms with van der Waals surface area (Å²) in [5.74, 6) is -0.839. The Bertz CT molecular complexity index is 1180.